The molecule has 3 aromatic carbocycles. The molecule has 0 aliphatic rings. The van der Waals surface area contributed by atoms with Crippen LogP contribution in [-0.2, 0) is 0 Å². The number of amides is 2. The summed E-state index contributed by atoms with van der Waals surface area (Å²) in [4.78, 5) is 15.7. The summed E-state index contributed by atoms with van der Waals surface area (Å²) < 4.78 is 5.61. The summed E-state index contributed by atoms with van der Waals surface area (Å²) in [5, 5.41) is 20.6. The fraction of sp³-hybridized carbons (Fsp3) is 0.290. The first kappa shape index (κ1) is 28.2. The first-order valence-corrected chi connectivity index (χ1v) is 13.3. The third kappa shape index (κ3) is 7.17. The molecule has 9 nitrogen and oxygen atoms in total. The zero-order valence-electron chi connectivity index (χ0n) is 23.3. The highest BCUT2D eigenvalue weighted by atomic mass is 16.5. The summed E-state index contributed by atoms with van der Waals surface area (Å²) >= 11 is 0. The van der Waals surface area contributed by atoms with E-state index in [9.17, 15) is 4.79 Å². The number of terminal acetylenes is 1. The number of anilines is 3. The molecule has 0 aliphatic heterocycles. The van der Waals surface area contributed by atoms with E-state index in [1.54, 1.807) is 12.1 Å². The van der Waals surface area contributed by atoms with E-state index < -0.39 is 6.03 Å². The number of ether oxygens (including phenoxy) is 1. The quantitative estimate of drug-likeness (QED) is 0.194. The average molecular weight is 538 g/mol. The van der Waals surface area contributed by atoms with Crippen molar-refractivity contribution in [3.8, 4) is 40.6 Å². The highest BCUT2D eigenvalue weighted by Crippen LogP contribution is 2.36. The Morgan fingerprint density at radius 2 is 1.62 bits per heavy atom. The summed E-state index contributed by atoms with van der Waals surface area (Å²) in [6.45, 7) is 10.6. The maximum Gasteiger partial charge on any atom is 0.323 e. The zero-order chi connectivity index (χ0) is 28.5. The lowest BCUT2D eigenvalue weighted by Gasteiger charge is -2.31. The van der Waals surface area contributed by atoms with Crippen molar-refractivity contribution in [2.45, 2.75) is 27.7 Å². The van der Waals surface area contributed by atoms with Crippen molar-refractivity contribution in [3.63, 3.8) is 0 Å². The predicted octanol–water partition coefficient (Wildman–Crippen LogP) is 6.31. The fourth-order valence-corrected chi connectivity index (χ4v) is 4.53. The topological polar surface area (TPSA) is 108 Å². The van der Waals surface area contributed by atoms with Gasteiger partial charge < -0.3 is 20.3 Å². The Hall–Kier alpha value is -4.84. The van der Waals surface area contributed by atoms with E-state index in [4.69, 9.17) is 11.2 Å². The van der Waals surface area contributed by atoms with Crippen LogP contribution in [0.15, 0.2) is 66.7 Å². The van der Waals surface area contributed by atoms with Crippen molar-refractivity contribution in [1.82, 2.24) is 20.6 Å². The third-order valence-electron chi connectivity index (χ3n) is 6.03. The van der Waals surface area contributed by atoms with Gasteiger partial charge in [0.25, 0.3) is 0 Å². The molecule has 0 saturated carbocycles. The van der Waals surface area contributed by atoms with Gasteiger partial charge in [-0.25, -0.2) is 4.79 Å². The van der Waals surface area contributed by atoms with Crippen LogP contribution in [0.3, 0.4) is 0 Å². The smallest absolute Gasteiger partial charge is 0.323 e. The van der Waals surface area contributed by atoms with Crippen molar-refractivity contribution in [2.24, 2.45) is 11.8 Å². The summed E-state index contributed by atoms with van der Waals surface area (Å²) in [6, 6.07) is 20.8. The fourth-order valence-electron chi connectivity index (χ4n) is 4.53. The summed E-state index contributed by atoms with van der Waals surface area (Å²) in [5.41, 5.74) is 4.81. The highest BCUT2D eigenvalue weighted by molar-refractivity contribution is 6.03. The zero-order valence-corrected chi connectivity index (χ0v) is 23.3. The molecule has 0 atom stereocenters. The molecule has 4 rings (SSSR count). The standard InChI is InChI=1S/C31H35N7O2/c1-6-17-40-29-14-10-9-13-26(29)32-31(39)33-27-18-23(15-16-28(27)38(19-21(2)3)20-22(4)5)24-11-7-8-12-25(24)30-34-36-37-35-30/h1,7-16,18,21-22H,17,19-20H2,2-5H3,(H2,32,33,39)(H,34,35,36,37). The normalized spacial score (nSPS) is 10.8. The molecule has 1 heterocycles. The second-order valence-corrected chi connectivity index (χ2v) is 10.3. The molecular formula is C31H35N7O2. The third-order valence-corrected chi connectivity index (χ3v) is 6.03. The van der Waals surface area contributed by atoms with E-state index in [2.05, 4.69) is 81.9 Å². The number of nitrogens with zero attached hydrogens (tertiary/aromatic N) is 4. The number of hydrogen-bond acceptors (Lipinski definition) is 6. The maximum absolute atomic E-state index is 13.4. The van der Waals surface area contributed by atoms with E-state index in [1.807, 2.05) is 42.5 Å². The number of nitrogens with one attached hydrogen (secondary N) is 3. The minimum Gasteiger partial charge on any atom is -0.479 e. The van der Waals surface area contributed by atoms with Crippen LogP contribution in [0.5, 0.6) is 5.75 Å². The molecule has 0 saturated heterocycles. The molecular weight excluding hydrogens is 502 g/mol. The number of aromatic amines is 1. The number of hydrogen-bond donors (Lipinski definition) is 3. The van der Waals surface area contributed by atoms with Gasteiger partial charge in [-0.15, -0.1) is 16.6 Å². The van der Waals surface area contributed by atoms with Gasteiger partial charge in [0.1, 0.15) is 12.4 Å². The van der Waals surface area contributed by atoms with Crippen LogP contribution < -0.4 is 20.3 Å². The van der Waals surface area contributed by atoms with Gasteiger partial charge in [-0.1, -0.05) is 76.1 Å². The lowest BCUT2D eigenvalue weighted by molar-refractivity contribution is 0.262. The molecule has 2 amide bonds. The van der Waals surface area contributed by atoms with Gasteiger partial charge in [0.05, 0.1) is 17.1 Å². The Kier molecular flexibility index (Phi) is 9.36. The lowest BCUT2D eigenvalue weighted by Crippen LogP contribution is -2.32. The Bertz CT molecular complexity index is 1450. The first-order valence-electron chi connectivity index (χ1n) is 13.3. The van der Waals surface area contributed by atoms with Crippen LogP contribution in [0, 0.1) is 24.2 Å². The average Bonchev–Trinajstić information content (AvgIpc) is 3.47. The van der Waals surface area contributed by atoms with Gasteiger partial charge in [0.15, 0.2) is 0 Å². The Morgan fingerprint density at radius 3 is 2.30 bits per heavy atom. The van der Waals surface area contributed by atoms with Gasteiger partial charge >= 0.3 is 6.03 Å². The van der Waals surface area contributed by atoms with Crippen LogP contribution in [0.2, 0.25) is 0 Å². The second-order valence-electron chi connectivity index (χ2n) is 10.3. The van der Waals surface area contributed by atoms with Crippen molar-refractivity contribution >= 4 is 23.1 Å². The number of H-pyrrole nitrogens is 1. The summed E-state index contributed by atoms with van der Waals surface area (Å²) in [6.07, 6.45) is 5.35. The SMILES string of the molecule is C#CCOc1ccccc1NC(=O)Nc1cc(-c2ccccc2-c2nn[nH]n2)ccc1N(CC(C)C)CC(C)C. The van der Waals surface area contributed by atoms with Gasteiger partial charge in [-0.2, -0.15) is 5.21 Å². The Morgan fingerprint density at radius 1 is 0.950 bits per heavy atom. The van der Waals surface area contributed by atoms with Crippen molar-refractivity contribution < 1.29 is 9.53 Å². The minimum absolute atomic E-state index is 0.103. The molecule has 4 aromatic rings. The first-order chi connectivity index (χ1) is 19.4. The molecule has 40 heavy (non-hydrogen) atoms. The Labute approximate surface area is 235 Å². The molecule has 0 bridgehead atoms. The van der Waals surface area contributed by atoms with Gasteiger partial charge in [-0.05, 0) is 52.4 Å². The Balaban J connectivity index is 1.73. The number of tetrazole rings is 1. The molecule has 206 valence electrons. The van der Waals surface area contributed by atoms with Gasteiger partial charge in [0.2, 0.25) is 5.82 Å². The van der Waals surface area contributed by atoms with Crippen LogP contribution in [-0.4, -0.2) is 46.4 Å². The van der Waals surface area contributed by atoms with Gasteiger partial charge in [0, 0.05) is 18.7 Å². The van der Waals surface area contributed by atoms with Crippen LogP contribution in [0.25, 0.3) is 22.5 Å². The number of benzene rings is 3. The second kappa shape index (κ2) is 13.3. The van der Waals surface area contributed by atoms with E-state index >= 15 is 0 Å². The van der Waals surface area contributed by atoms with Crippen LogP contribution in [0.1, 0.15) is 27.7 Å². The minimum atomic E-state index is -0.393. The largest absolute Gasteiger partial charge is 0.479 e. The number of para-hydroxylation sites is 2. The predicted molar refractivity (Wildman–Crippen MR) is 160 cm³/mol. The number of carbonyl (C=O) groups excluding carboxylic acids is 1. The van der Waals surface area contributed by atoms with Gasteiger partial charge in [-0.3, -0.25) is 0 Å². The van der Waals surface area contributed by atoms with E-state index in [-0.39, 0.29) is 6.61 Å². The van der Waals surface area contributed by atoms with Crippen molar-refractivity contribution in [1.29, 1.82) is 0 Å². The maximum atomic E-state index is 13.4. The van der Waals surface area contributed by atoms with E-state index in [0.29, 0.717) is 34.8 Å². The molecule has 1 aromatic heterocycles. The number of rotatable bonds is 11. The molecule has 0 unspecified atom stereocenters. The van der Waals surface area contributed by atoms with Crippen LogP contribution in [0.4, 0.5) is 21.9 Å². The monoisotopic (exact) mass is 537 g/mol. The summed E-state index contributed by atoms with van der Waals surface area (Å²) in [7, 11) is 0. The molecule has 9 heteroatoms. The lowest BCUT2D eigenvalue weighted by atomic mass is 9.97. The molecule has 0 fully saturated rings. The molecule has 0 aliphatic carbocycles. The molecule has 0 radical (unpaired) electrons. The van der Waals surface area contributed by atoms with Crippen molar-refractivity contribution in [2.75, 3.05) is 35.2 Å². The van der Waals surface area contributed by atoms with E-state index in [1.165, 1.54) is 0 Å². The number of carbonyl (C=O) groups is 1. The number of aromatic nitrogens is 4. The molecule has 3 N–H and O–H groups in total. The summed E-state index contributed by atoms with van der Waals surface area (Å²) in [5.74, 6) is 4.31. The van der Waals surface area contributed by atoms with Crippen LogP contribution >= 0.6 is 0 Å². The highest BCUT2D eigenvalue weighted by Gasteiger charge is 2.19. The van der Waals surface area contributed by atoms with Crippen molar-refractivity contribution in [3.05, 3.63) is 66.7 Å². The van der Waals surface area contributed by atoms with E-state index in [0.717, 1.165) is 35.5 Å². The number of urea groups is 1. The molecule has 0 spiro atoms.